The highest BCUT2D eigenvalue weighted by Crippen LogP contribution is 2.16. The number of carbonyl (C=O) groups excluding carboxylic acids is 1. The molecule has 0 aliphatic heterocycles. The van der Waals surface area contributed by atoms with Crippen LogP contribution in [-0.4, -0.2) is 20.0 Å². The molecule has 0 atom stereocenters. The van der Waals surface area contributed by atoms with Gasteiger partial charge in [0.2, 0.25) is 0 Å². The molecule has 0 heterocycles. The summed E-state index contributed by atoms with van der Waals surface area (Å²) in [5.41, 5.74) is 3.48. The first-order valence-electron chi connectivity index (χ1n) is 6.69. The molecule has 0 saturated heterocycles. The molecule has 21 heavy (non-hydrogen) atoms. The lowest BCUT2D eigenvalue weighted by molar-refractivity contribution is 0.102. The Morgan fingerprint density at radius 2 is 1.52 bits per heavy atom. The van der Waals surface area contributed by atoms with Crippen molar-refractivity contribution in [2.45, 2.75) is 25.7 Å². The molecular weight excluding hydrogens is 284 g/mol. The Morgan fingerprint density at radius 3 is 2.10 bits per heavy atom. The van der Waals surface area contributed by atoms with Crippen molar-refractivity contribution in [1.82, 2.24) is 0 Å². The van der Waals surface area contributed by atoms with Gasteiger partial charge in [-0.3, -0.25) is 4.79 Å². The van der Waals surface area contributed by atoms with Crippen LogP contribution in [0.5, 0.6) is 0 Å². The molecule has 0 aromatic heterocycles. The zero-order valence-corrected chi connectivity index (χ0v) is 13.2. The summed E-state index contributed by atoms with van der Waals surface area (Å²) in [4.78, 5) is 12.4. The van der Waals surface area contributed by atoms with E-state index >= 15 is 0 Å². The van der Waals surface area contributed by atoms with Crippen molar-refractivity contribution in [3.05, 3.63) is 64.7 Å². The minimum absolute atomic E-state index is 0.185. The molecule has 0 amide bonds. The summed E-state index contributed by atoms with van der Waals surface area (Å²) in [5, 5.41) is 0. The second-order valence-electron chi connectivity index (χ2n) is 5.29. The van der Waals surface area contributed by atoms with Crippen molar-refractivity contribution < 1.29 is 13.2 Å². The molecule has 0 aliphatic rings. The highest BCUT2D eigenvalue weighted by Gasteiger charge is 2.20. The monoisotopic (exact) mass is 302 g/mol. The molecule has 3 nitrogen and oxygen atoms in total. The van der Waals surface area contributed by atoms with Crippen molar-refractivity contribution in [2.24, 2.45) is 0 Å². The van der Waals surface area contributed by atoms with E-state index in [1.807, 2.05) is 26.8 Å². The number of ketones is 1. The highest BCUT2D eigenvalue weighted by molar-refractivity contribution is 7.92. The third-order valence-electron chi connectivity index (χ3n) is 3.53. The van der Waals surface area contributed by atoms with Gasteiger partial charge in [-0.05, 0) is 50.1 Å². The van der Waals surface area contributed by atoms with Gasteiger partial charge in [0.05, 0.1) is 4.90 Å². The molecule has 0 radical (unpaired) electrons. The molecule has 0 aliphatic carbocycles. The van der Waals surface area contributed by atoms with E-state index in [0.29, 0.717) is 5.56 Å². The average Bonchev–Trinajstić information content (AvgIpc) is 2.41. The van der Waals surface area contributed by atoms with Gasteiger partial charge in [0.15, 0.2) is 15.6 Å². The topological polar surface area (TPSA) is 51.2 Å². The Labute approximate surface area is 125 Å². The SMILES string of the molecule is Cc1ccc(S(=O)(=O)CC(=O)c2ccc(C)c(C)c2)cc1. The van der Waals surface area contributed by atoms with Crippen LogP contribution < -0.4 is 0 Å². The largest absolute Gasteiger partial charge is 0.293 e. The van der Waals surface area contributed by atoms with Gasteiger partial charge < -0.3 is 0 Å². The average molecular weight is 302 g/mol. The normalized spacial score (nSPS) is 11.4. The van der Waals surface area contributed by atoms with Gasteiger partial charge in [-0.15, -0.1) is 0 Å². The molecule has 0 bridgehead atoms. The van der Waals surface area contributed by atoms with Crippen LogP contribution in [0.1, 0.15) is 27.0 Å². The van der Waals surface area contributed by atoms with Gasteiger partial charge in [0.25, 0.3) is 0 Å². The molecule has 0 fully saturated rings. The number of rotatable bonds is 4. The minimum Gasteiger partial charge on any atom is -0.293 e. The minimum atomic E-state index is -3.60. The maximum atomic E-state index is 12.3. The predicted octanol–water partition coefficient (Wildman–Crippen LogP) is 3.27. The van der Waals surface area contributed by atoms with E-state index in [2.05, 4.69) is 0 Å². The number of hydrogen-bond acceptors (Lipinski definition) is 3. The van der Waals surface area contributed by atoms with Gasteiger partial charge >= 0.3 is 0 Å². The smallest absolute Gasteiger partial charge is 0.185 e. The van der Waals surface area contributed by atoms with E-state index in [1.54, 1.807) is 36.4 Å². The van der Waals surface area contributed by atoms with Crippen LogP contribution in [0.15, 0.2) is 47.4 Å². The van der Waals surface area contributed by atoms with Crippen molar-refractivity contribution in [3.8, 4) is 0 Å². The standard InChI is InChI=1S/C17H18O3S/c1-12-4-8-16(9-5-12)21(19,20)11-17(18)15-7-6-13(2)14(3)10-15/h4-10H,11H2,1-3H3. The number of Topliss-reactive ketones (excluding diaryl/α,β-unsaturated/α-hetero) is 1. The van der Waals surface area contributed by atoms with Crippen LogP contribution in [-0.2, 0) is 9.84 Å². The zero-order chi connectivity index (χ0) is 15.6. The quantitative estimate of drug-likeness (QED) is 0.815. The first-order chi connectivity index (χ1) is 9.79. The maximum Gasteiger partial charge on any atom is 0.185 e. The van der Waals surface area contributed by atoms with Gasteiger partial charge in [-0.2, -0.15) is 0 Å². The van der Waals surface area contributed by atoms with Crippen molar-refractivity contribution in [3.63, 3.8) is 0 Å². The first-order valence-corrected chi connectivity index (χ1v) is 8.35. The fourth-order valence-electron chi connectivity index (χ4n) is 2.00. The molecule has 2 aromatic rings. The molecular formula is C17H18O3S. The number of sulfone groups is 1. The van der Waals surface area contributed by atoms with Gasteiger partial charge in [-0.1, -0.05) is 29.8 Å². The van der Waals surface area contributed by atoms with Gasteiger partial charge in [0, 0.05) is 5.56 Å². The van der Waals surface area contributed by atoms with Gasteiger partial charge in [0.1, 0.15) is 5.75 Å². The van der Waals surface area contributed by atoms with Crippen LogP contribution in [0.4, 0.5) is 0 Å². The van der Waals surface area contributed by atoms with Crippen LogP contribution in [0.2, 0.25) is 0 Å². The second kappa shape index (κ2) is 5.82. The summed E-state index contributed by atoms with van der Waals surface area (Å²) < 4.78 is 24.5. The number of hydrogen-bond donors (Lipinski definition) is 0. The summed E-state index contributed by atoms with van der Waals surface area (Å²) in [6.45, 7) is 5.74. The van der Waals surface area contributed by atoms with E-state index in [0.717, 1.165) is 16.7 Å². The van der Waals surface area contributed by atoms with E-state index in [4.69, 9.17) is 0 Å². The van der Waals surface area contributed by atoms with Crippen LogP contribution in [0.25, 0.3) is 0 Å². The lowest BCUT2D eigenvalue weighted by Gasteiger charge is -2.06. The summed E-state index contributed by atoms with van der Waals surface area (Å²) in [6, 6.07) is 11.8. The highest BCUT2D eigenvalue weighted by atomic mass is 32.2. The third-order valence-corrected chi connectivity index (χ3v) is 5.16. The fourth-order valence-corrected chi connectivity index (χ4v) is 3.23. The Bertz CT molecular complexity index is 772. The van der Waals surface area contributed by atoms with E-state index in [-0.39, 0.29) is 10.7 Å². The third kappa shape index (κ3) is 3.58. The van der Waals surface area contributed by atoms with Crippen molar-refractivity contribution in [2.75, 3.05) is 5.75 Å². The summed E-state index contributed by atoms with van der Waals surface area (Å²) in [5.74, 6) is -0.878. The molecule has 0 unspecified atom stereocenters. The Hall–Kier alpha value is -1.94. The molecule has 2 rings (SSSR count). The van der Waals surface area contributed by atoms with E-state index in [1.165, 1.54) is 0 Å². The van der Waals surface area contributed by atoms with Crippen LogP contribution in [0, 0.1) is 20.8 Å². The Kier molecular flexibility index (Phi) is 4.28. The zero-order valence-electron chi connectivity index (χ0n) is 12.4. The van der Waals surface area contributed by atoms with E-state index < -0.39 is 15.6 Å². The fraction of sp³-hybridized carbons (Fsp3) is 0.235. The van der Waals surface area contributed by atoms with Crippen molar-refractivity contribution >= 4 is 15.6 Å². The molecule has 4 heteroatoms. The Balaban J connectivity index is 2.25. The number of carbonyl (C=O) groups is 1. The van der Waals surface area contributed by atoms with E-state index in [9.17, 15) is 13.2 Å². The lowest BCUT2D eigenvalue weighted by Crippen LogP contribution is -2.16. The first kappa shape index (κ1) is 15.4. The van der Waals surface area contributed by atoms with Crippen LogP contribution in [0.3, 0.4) is 0 Å². The lowest BCUT2D eigenvalue weighted by atomic mass is 10.0. The number of benzene rings is 2. The van der Waals surface area contributed by atoms with Gasteiger partial charge in [-0.25, -0.2) is 8.42 Å². The summed E-state index contributed by atoms with van der Waals surface area (Å²) in [6.07, 6.45) is 0. The Morgan fingerprint density at radius 1 is 0.905 bits per heavy atom. The molecule has 2 aromatic carbocycles. The number of aryl methyl sites for hydroxylation is 3. The molecule has 0 saturated carbocycles. The molecule has 0 N–H and O–H groups in total. The maximum absolute atomic E-state index is 12.3. The predicted molar refractivity (Wildman–Crippen MR) is 83.5 cm³/mol. The summed E-state index contributed by atoms with van der Waals surface area (Å²) >= 11 is 0. The van der Waals surface area contributed by atoms with Crippen LogP contribution >= 0.6 is 0 Å². The van der Waals surface area contributed by atoms with Crippen molar-refractivity contribution in [1.29, 1.82) is 0 Å². The second-order valence-corrected chi connectivity index (χ2v) is 7.28. The summed E-state index contributed by atoms with van der Waals surface area (Å²) in [7, 11) is -3.60. The molecule has 110 valence electrons. The molecule has 0 spiro atoms.